The summed E-state index contributed by atoms with van der Waals surface area (Å²) in [5.74, 6) is 0.407. The van der Waals surface area contributed by atoms with E-state index in [0.29, 0.717) is 11.5 Å². The molecule has 0 spiro atoms. The van der Waals surface area contributed by atoms with Crippen LogP contribution in [0.2, 0.25) is 0 Å². The molecule has 54 valence electrons. The maximum absolute atomic E-state index is 5.53. The van der Waals surface area contributed by atoms with Crippen LogP contribution in [0.5, 0.6) is 0 Å². The zero-order valence-corrected chi connectivity index (χ0v) is 5.78. The van der Waals surface area contributed by atoms with Crippen molar-refractivity contribution in [2.75, 3.05) is 5.73 Å². The fraction of sp³-hybridized carbons (Fsp3) is 0. The lowest BCUT2D eigenvalue weighted by molar-refractivity contribution is 1.16. The fourth-order valence-electron chi connectivity index (χ4n) is 0.958. The van der Waals surface area contributed by atoms with Gasteiger partial charge in [0.15, 0.2) is 5.82 Å². The van der Waals surface area contributed by atoms with Gasteiger partial charge in [0.05, 0.1) is 0 Å². The predicted molar refractivity (Wildman–Crippen MR) is 43.6 cm³/mol. The van der Waals surface area contributed by atoms with E-state index in [1.165, 1.54) is 6.33 Å². The first-order chi connectivity index (χ1) is 5.29. The van der Waals surface area contributed by atoms with Crippen molar-refractivity contribution in [1.82, 2.24) is 9.97 Å². The summed E-state index contributed by atoms with van der Waals surface area (Å²) in [6.45, 7) is 3.74. The van der Waals surface area contributed by atoms with E-state index in [1.807, 2.05) is 0 Å². The molecule has 0 saturated carbocycles. The van der Waals surface area contributed by atoms with Crippen LogP contribution in [0.15, 0.2) is 17.9 Å². The van der Waals surface area contributed by atoms with Gasteiger partial charge in [0.25, 0.3) is 0 Å². The first-order valence-corrected chi connectivity index (χ1v) is 3.13. The van der Waals surface area contributed by atoms with Crippen molar-refractivity contribution in [3.63, 3.8) is 0 Å². The third-order valence-corrected chi connectivity index (χ3v) is 1.50. The number of hydrogen-bond donors (Lipinski definition) is 1. The number of anilines is 1. The molecule has 1 aromatic heterocycles. The van der Waals surface area contributed by atoms with Gasteiger partial charge in [0.2, 0.25) is 0 Å². The molecule has 2 heterocycles. The molecule has 2 rings (SSSR count). The highest BCUT2D eigenvalue weighted by molar-refractivity contribution is 6.15. The molecule has 0 bridgehead atoms. The molecule has 4 heteroatoms. The Bertz CT molecular complexity index is 353. The number of hydrogen-bond acceptors (Lipinski definition) is 4. The van der Waals surface area contributed by atoms with E-state index in [4.69, 9.17) is 5.73 Å². The molecule has 0 unspecified atom stereocenters. The van der Waals surface area contributed by atoms with Gasteiger partial charge in [0.1, 0.15) is 17.7 Å². The Labute approximate surface area is 63.5 Å². The highest BCUT2D eigenvalue weighted by Gasteiger charge is 2.14. The third kappa shape index (κ3) is 0.724. The SMILES string of the molecule is C=C1C=Nc2c(N)ncnc21. The lowest BCUT2D eigenvalue weighted by atomic mass is 10.2. The number of nitrogens with two attached hydrogens (primary N) is 1. The summed E-state index contributed by atoms with van der Waals surface area (Å²) in [6.07, 6.45) is 3.05. The van der Waals surface area contributed by atoms with E-state index >= 15 is 0 Å². The molecular formula is C7H6N4. The van der Waals surface area contributed by atoms with Crippen LogP contribution >= 0.6 is 0 Å². The number of fused-ring (bicyclic) bond motifs is 1. The van der Waals surface area contributed by atoms with E-state index in [9.17, 15) is 0 Å². The predicted octanol–water partition coefficient (Wildman–Crippen LogP) is 0.788. The van der Waals surface area contributed by atoms with Gasteiger partial charge in [-0.2, -0.15) is 0 Å². The number of rotatable bonds is 0. The van der Waals surface area contributed by atoms with Gasteiger partial charge in [0, 0.05) is 11.8 Å². The van der Waals surface area contributed by atoms with Crippen molar-refractivity contribution in [2.45, 2.75) is 0 Å². The summed E-state index contributed by atoms with van der Waals surface area (Å²) < 4.78 is 0. The van der Waals surface area contributed by atoms with Gasteiger partial charge in [-0.3, -0.25) is 0 Å². The Morgan fingerprint density at radius 1 is 1.36 bits per heavy atom. The van der Waals surface area contributed by atoms with E-state index in [0.717, 1.165) is 11.3 Å². The second kappa shape index (κ2) is 1.88. The topological polar surface area (TPSA) is 64.2 Å². The minimum Gasteiger partial charge on any atom is -0.382 e. The van der Waals surface area contributed by atoms with Gasteiger partial charge in [-0.05, 0) is 0 Å². The van der Waals surface area contributed by atoms with Crippen LogP contribution < -0.4 is 5.73 Å². The fourth-order valence-corrected chi connectivity index (χ4v) is 0.958. The number of allylic oxidation sites excluding steroid dienone is 1. The summed E-state index contributed by atoms with van der Waals surface area (Å²) in [7, 11) is 0. The average Bonchev–Trinajstić information content (AvgIpc) is 2.35. The maximum atomic E-state index is 5.53. The number of nitrogen functional groups attached to an aromatic ring is 1. The molecule has 1 aromatic rings. The molecule has 0 radical (unpaired) electrons. The number of aliphatic imine (C=N–C) groups is 1. The van der Waals surface area contributed by atoms with E-state index in [2.05, 4.69) is 21.5 Å². The average molecular weight is 146 g/mol. The quantitative estimate of drug-likeness (QED) is 0.588. The van der Waals surface area contributed by atoms with Gasteiger partial charge < -0.3 is 5.73 Å². The van der Waals surface area contributed by atoms with Crippen molar-refractivity contribution < 1.29 is 0 Å². The summed E-state index contributed by atoms with van der Waals surface area (Å²) in [6, 6.07) is 0. The number of aromatic nitrogens is 2. The van der Waals surface area contributed by atoms with Crippen LogP contribution in [0.25, 0.3) is 5.57 Å². The van der Waals surface area contributed by atoms with E-state index in [-0.39, 0.29) is 0 Å². The molecular weight excluding hydrogens is 140 g/mol. The van der Waals surface area contributed by atoms with Crippen molar-refractivity contribution in [3.05, 3.63) is 18.6 Å². The Hall–Kier alpha value is -1.71. The minimum atomic E-state index is 0.407. The standard InChI is InChI=1S/C7H6N4/c1-4-2-9-6-5(4)10-3-11-7(6)8/h2-3H,1H2,(H2,8,10,11). The first kappa shape index (κ1) is 6.03. The maximum Gasteiger partial charge on any atom is 0.153 e. The molecule has 2 N–H and O–H groups in total. The molecule has 0 atom stereocenters. The normalized spacial score (nSPS) is 13.6. The Kier molecular flexibility index (Phi) is 1.03. The molecule has 0 saturated heterocycles. The van der Waals surface area contributed by atoms with E-state index < -0.39 is 0 Å². The Morgan fingerprint density at radius 3 is 2.91 bits per heavy atom. The summed E-state index contributed by atoms with van der Waals surface area (Å²) >= 11 is 0. The van der Waals surface area contributed by atoms with Crippen LogP contribution in [0.3, 0.4) is 0 Å². The molecule has 0 aromatic carbocycles. The lowest BCUT2D eigenvalue weighted by Crippen LogP contribution is -1.93. The van der Waals surface area contributed by atoms with Crippen LogP contribution in [-0.2, 0) is 0 Å². The Morgan fingerprint density at radius 2 is 2.18 bits per heavy atom. The van der Waals surface area contributed by atoms with Crippen molar-refractivity contribution >= 4 is 23.3 Å². The lowest BCUT2D eigenvalue weighted by Gasteiger charge is -1.97. The summed E-state index contributed by atoms with van der Waals surface area (Å²) in [5.41, 5.74) is 7.68. The number of nitrogens with zero attached hydrogens (tertiary/aromatic N) is 3. The second-order valence-electron chi connectivity index (χ2n) is 2.24. The summed E-state index contributed by atoms with van der Waals surface area (Å²) in [4.78, 5) is 11.8. The van der Waals surface area contributed by atoms with Gasteiger partial charge >= 0.3 is 0 Å². The van der Waals surface area contributed by atoms with E-state index in [1.54, 1.807) is 6.21 Å². The largest absolute Gasteiger partial charge is 0.382 e. The first-order valence-electron chi connectivity index (χ1n) is 3.13. The molecule has 4 nitrogen and oxygen atoms in total. The smallest absolute Gasteiger partial charge is 0.153 e. The zero-order valence-electron chi connectivity index (χ0n) is 5.78. The molecule has 1 aliphatic rings. The monoisotopic (exact) mass is 146 g/mol. The zero-order chi connectivity index (χ0) is 7.84. The van der Waals surface area contributed by atoms with Crippen LogP contribution in [0.4, 0.5) is 11.5 Å². The van der Waals surface area contributed by atoms with Gasteiger partial charge in [-0.1, -0.05) is 6.58 Å². The molecule has 0 amide bonds. The second-order valence-corrected chi connectivity index (χ2v) is 2.24. The highest BCUT2D eigenvalue weighted by atomic mass is 15.0. The minimum absolute atomic E-state index is 0.407. The van der Waals surface area contributed by atoms with Gasteiger partial charge in [-0.25, -0.2) is 15.0 Å². The summed E-state index contributed by atoms with van der Waals surface area (Å²) in [5, 5.41) is 0. The van der Waals surface area contributed by atoms with Crippen LogP contribution in [0.1, 0.15) is 5.69 Å². The highest BCUT2D eigenvalue weighted by Crippen LogP contribution is 2.31. The Balaban J connectivity index is 2.74. The molecule has 0 fully saturated rings. The van der Waals surface area contributed by atoms with Crippen molar-refractivity contribution in [2.24, 2.45) is 4.99 Å². The van der Waals surface area contributed by atoms with Crippen LogP contribution in [-0.4, -0.2) is 16.2 Å². The molecule has 0 aliphatic carbocycles. The van der Waals surface area contributed by atoms with Crippen molar-refractivity contribution in [1.29, 1.82) is 0 Å². The molecule has 11 heavy (non-hydrogen) atoms. The third-order valence-electron chi connectivity index (χ3n) is 1.50. The van der Waals surface area contributed by atoms with Crippen LogP contribution in [0, 0.1) is 0 Å². The van der Waals surface area contributed by atoms with Crippen molar-refractivity contribution in [3.8, 4) is 0 Å². The molecule has 1 aliphatic heterocycles. The van der Waals surface area contributed by atoms with Gasteiger partial charge in [-0.15, -0.1) is 0 Å².